The average Bonchev–Trinajstić information content (AvgIpc) is 3.21. The second-order valence-corrected chi connectivity index (χ2v) is 9.36. The predicted molar refractivity (Wildman–Crippen MR) is 97.6 cm³/mol. The summed E-state index contributed by atoms with van der Waals surface area (Å²) in [5.41, 5.74) is 3.82. The molecule has 2 aromatic rings. The van der Waals surface area contributed by atoms with Crippen molar-refractivity contribution in [2.45, 2.75) is 22.7 Å². The average molecular weight is 413 g/mol. The number of hydrogen-bond acceptors (Lipinski definition) is 6. The molecule has 0 bridgehead atoms. The minimum Gasteiger partial charge on any atom is -0.380 e. The fourth-order valence-corrected chi connectivity index (χ4v) is 4.99. The van der Waals surface area contributed by atoms with Gasteiger partial charge in [-0.2, -0.15) is 0 Å². The first-order chi connectivity index (χ1) is 12.5. The van der Waals surface area contributed by atoms with E-state index in [0.717, 1.165) is 22.5 Å². The van der Waals surface area contributed by atoms with Gasteiger partial charge < -0.3 is 16.2 Å². The summed E-state index contributed by atoms with van der Waals surface area (Å²) < 4.78 is 39.4. The summed E-state index contributed by atoms with van der Waals surface area (Å²) >= 11 is 0.646. The Labute approximate surface area is 158 Å². The molecule has 4 N–H and O–H groups in total. The molecule has 3 rings (SSSR count). The first kappa shape index (κ1) is 19.3. The van der Waals surface area contributed by atoms with Gasteiger partial charge in [0.2, 0.25) is 0 Å². The standard InChI is InChI=1S/C16H16FN3O5S2/c1-20(10-4-2-9(17)3-5-10)27(24,25)12-8-11(13(18)21)14(26-12)19-15(22)16(23)6-7-16/h2-5,8,23H,6-7H2,1H3,(H2,18,21)(H,19,22). The highest BCUT2D eigenvalue weighted by Crippen LogP contribution is 2.39. The number of hydrogen-bond donors (Lipinski definition) is 3. The number of rotatable bonds is 6. The molecule has 1 aromatic heterocycles. The van der Waals surface area contributed by atoms with Gasteiger partial charge in [0, 0.05) is 7.05 Å². The minimum absolute atomic E-state index is 0.0566. The van der Waals surface area contributed by atoms with Crippen molar-refractivity contribution in [1.82, 2.24) is 0 Å². The van der Waals surface area contributed by atoms with Gasteiger partial charge >= 0.3 is 0 Å². The first-order valence-electron chi connectivity index (χ1n) is 7.76. The Balaban J connectivity index is 1.95. The van der Waals surface area contributed by atoms with Crippen molar-refractivity contribution in [1.29, 1.82) is 0 Å². The van der Waals surface area contributed by atoms with Gasteiger partial charge in [0.05, 0.1) is 11.3 Å². The second-order valence-electron chi connectivity index (χ2n) is 6.11. The van der Waals surface area contributed by atoms with E-state index in [1.165, 1.54) is 19.2 Å². The van der Waals surface area contributed by atoms with Gasteiger partial charge in [-0.15, -0.1) is 11.3 Å². The fourth-order valence-electron chi connectivity index (χ4n) is 2.26. The van der Waals surface area contributed by atoms with Gasteiger partial charge in [-0.05, 0) is 43.2 Å². The fraction of sp³-hybridized carbons (Fsp3) is 0.250. The van der Waals surface area contributed by atoms with E-state index in [1.807, 2.05) is 0 Å². The maximum absolute atomic E-state index is 13.1. The molecule has 0 radical (unpaired) electrons. The molecule has 0 aliphatic heterocycles. The van der Waals surface area contributed by atoms with Gasteiger partial charge in [0.1, 0.15) is 20.6 Å². The van der Waals surface area contributed by atoms with Crippen LogP contribution in [0.2, 0.25) is 0 Å². The van der Waals surface area contributed by atoms with E-state index in [4.69, 9.17) is 5.73 Å². The van der Waals surface area contributed by atoms with Crippen molar-refractivity contribution in [3.8, 4) is 0 Å². The predicted octanol–water partition coefficient (Wildman–Crippen LogP) is 1.27. The highest BCUT2D eigenvalue weighted by atomic mass is 32.2. The number of amides is 2. The smallest absolute Gasteiger partial charge is 0.273 e. The molecule has 0 atom stereocenters. The van der Waals surface area contributed by atoms with Crippen molar-refractivity contribution >= 4 is 43.9 Å². The van der Waals surface area contributed by atoms with Crippen molar-refractivity contribution < 1.29 is 27.5 Å². The van der Waals surface area contributed by atoms with Crippen LogP contribution in [0.4, 0.5) is 15.1 Å². The minimum atomic E-state index is -4.09. The number of aliphatic hydroxyl groups is 1. The Morgan fingerprint density at radius 3 is 2.41 bits per heavy atom. The van der Waals surface area contributed by atoms with Crippen LogP contribution in [0.1, 0.15) is 23.2 Å². The summed E-state index contributed by atoms with van der Waals surface area (Å²) in [6.07, 6.45) is 0.573. The molecule has 144 valence electrons. The summed E-state index contributed by atoms with van der Waals surface area (Å²) in [6, 6.07) is 5.88. The van der Waals surface area contributed by atoms with E-state index in [9.17, 15) is 27.5 Å². The van der Waals surface area contributed by atoms with E-state index in [-0.39, 0.29) is 33.3 Å². The molecule has 0 saturated heterocycles. The zero-order chi connectivity index (χ0) is 20.0. The summed E-state index contributed by atoms with van der Waals surface area (Å²) in [7, 11) is -2.81. The van der Waals surface area contributed by atoms with Crippen molar-refractivity contribution in [2.75, 3.05) is 16.7 Å². The van der Waals surface area contributed by atoms with Crippen LogP contribution < -0.4 is 15.4 Å². The Morgan fingerprint density at radius 2 is 1.89 bits per heavy atom. The Hall–Kier alpha value is -2.50. The zero-order valence-corrected chi connectivity index (χ0v) is 15.7. The van der Waals surface area contributed by atoms with Crippen molar-refractivity contribution in [2.24, 2.45) is 5.73 Å². The topological polar surface area (TPSA) is 130 Å². The molecular formula is C16H16FN3O5S2. The molecule has 8 nitrogen and oxygen atoms in total. The van der Waals surface area contributed by atoms with Gasteiger partial charge in [0.25, 0.3) is 21.8 Å². The van der Waals surface area contributed by atoms with Gasteiger partial charge in [-0.1, -0.05) is 0 Å². The van der Waals surface area contributed by atoms with Crippen LogP contribution in [0, 0.1) is 5.82 Å². The third-order valence-electron chi connectivity index (χ3n) is 4.15. The number of benzene rings is 1. The maximum Gasteiger partial charge on any atom is 0.273 e. The lowest BCUT2D eigenvalue weighted by molar-refractivity contribution is -0.125. The molecular weight excluding hydrogens is 397 g/mol. The Bertz CT molecular complexity index is 1010. The van der Waals surface area contributed by atoms with E-state index in [0.29, 0.717) is 11.3 Å². The van der Waals surface area contributed by atoms with Crippen LogP contribution in [-0.2, 0) is 14.8 Å². The highest BCUT2D eigenvalue weighted by Gasteiger charge is 2.48. The van der Waals surface area contributed by atoms with Gasteiger partial charge in [-0.25, -0.2) is 12.8 Å². The van der Waals surface area contributed by atoms with E-state index in [2.05, 4.69) is 5.32 Å². The monoisotopic (exact) mass is 413 g/mol. The molecule has 0 unspecified atom stereocenters. The summed E-state index contributed by atoms with van der Waals surface area (Å²) in [4.78, 5) is 23.7. The number of nitrogens with one attached hydrogen (secondary N) is 1. The largest absolute Gasteiger partial charge is 0.380 e. The quantitative estimate of drug-likeness (QED) is 0.657. The van der Waals surface area contributed by atoms with E-state index >= 15 is 0 Å². The molecule has 27 heavy (non-hydrogen) atoms. The van der Waals surface area contributed by atoms with Gasteiger partial charge in [-0.3, -0.25) is 13.9 Å². The number of halogens is 1. The third kappa shape index (κ3) is 3.66. The molecule has 1 aromatic carbocycles. The molecule has 2 amide bonds. The van der Waals surface area contributed by atoms with Crippen LogP contribution in [0.25, 0.3) is 0 Å². The Kier molecular flexibility index (Phi) is 4.70. The molecule has 1 saturated carbocycles. The molecule has 1 heterocycles. The van der Waals surface area contributed by atoms with Crippen LogP contribution >= 0.6 is 11.3 Å². The van der Waals surface area contributed by atoms with E-state index in [1.54, 1.807) is 0 Å². The molecule has 1 aliphatic carbocycles. The number of carbonyl (C=O) groups excluding carboxylic acids is 2. The van der Waals surface area contributed by atoms with Gasteiger partial charge in [0.15, 0.2) is 0 Å². The summed E-state index contributed by atoms with van der Waals surface area (Å²) in [5.74, 6) is -2.15. The lowest BCUT2D eigenvalue weighted by Gasteiger charge is -2.18. The Morgan fingerprint density at radius 1 is 1.30 bits per heavy atom. The lowest BCUT2D eigenvalue weighted by atomic mass is 10.3. The number of thiophene rings is 1. The maximum atomic E-state index is 13.1. The van der Waals surface area contributed by atoms with Crippen LogP contribution in [-0.4, -0.2) is 38.0 Å². The SMILES string of the molecule is CN(c1ccc(F)cc1)S(=O)(=O)c1cc(C(N)=O)c(NC(=O)C2(O)CC2)s1. The third-order valence-corrected chi connectivity index (χ3v) is 7.44. The van der Waals surface area contributed by atoms with Crippen LogP contribution in [0.15, 0.2) is 34.5 Å². The molecule has 11 heteroatoms. The number of nitrogens with zero attached hydrogens (tertiary/aromatic N) is 1. The summed E-state index contributed by atoms with van der Waals surface area (Å²) in [5, 5.41) is 12.1. The summed E-state index contributed by atoms with van der Waals surface area (Å²) in [6.45, 7) is 0. The number of anilines is 2. The van der Waals surface area contributed by atoms with Crippen LogP contribution in [0.5, 0.6) is 0 Å². The number of nitrogens with two attached hydrogens (primary N) is 1. The number of primary amides is 1. The number of sulfonamides is 1. The molecule has 0 spiro atoms. The molecule has 1 fully saturated rings. The van der Waals surface area contributed by atoms with E-state index < -0.39 is 33.3 Å². The lowest BCUT2D eigenvalue weighted by Crippen LogP contribution is -2.29. The van der Waals surface area contributed by atoms with Crippen molar-refractivity contribution in [3.63, 3.8) is 0 Å². The van der Waals surface area contributed by atoms with Crippen molar-refractivity contribution in [3.05, 3.63) is 41.7 Å². The number of carbonyl (C=O) groups is 2. The van der Waals surface area contributed by atoms with Crippen LogP contribution in [0.3, 0.4) is 0 Å². The highest BCUT2D eigenvalue weighted by molar-refractivity contribution is 7.94. The second kappa shape index (κ2) is 6.59. The first-order valence-corrected chi connectivity index (χ1v) is 10.0. The zero-order valence-electron chi connectivity index (χ0n) is 14.1. The normalized spacial score (nSPS) is 15.2. The molecule has 1 aliphatic rings.